The van der Waals surface area contributed by atoms with Crippen molar-refractivity contribution in [2.75, 3.05) is 0 Å². The second kappa shape index (κ2) is 10.5. The van der Waals surface area contributed by atoms with Gasteiger partial charge in [0, 0.05) is 34.9 Å². The Bertz CT molecular complexity index is 1220. The maximum absolute atomic E-state index is 11.3. The van der Waals surface area contributed by atoms with Crippen molar-refractivity contribution < 1.29 is 9.53 Å². The molecule has 1 atom stereocenters. The van der Waals surface area contributed by atoms with Crippen molar-refractivity contribution in [3.63, 3.8) is 0 Å². The number of hydrogen-bond acceptors (Lipinski definition) is 4. The van der Waals surface area contributed by atoms with Gasteiger partial charge >= 0.3 is 5.97 Å². The van der Waals surface area contributed by atoms with Gasteiger partial charge in [-0.3, -0.25) is 4.79 Å². The average molecular weight is 442 g/mol. The maximum atomic E-state index is 11.3. The molecule has 162 valence electrons. The topological polar surface area (TPSA) is 38.3 Å². The SMILES string of the molecule is CC(=O)OCc1ccccc1Sc1ccccc1CN[C@H](C)c1cccc2ccccc12. The Hall–Kier alpha value is -3.08. The van der Waals surface area contributed by atoms with Gasteiger partial charge in [-0.25, -0.2) is 0 Å². The molecule has 0 saturated heterocycles. The largest absolute Gasteiger partial charge is 0.461 e. The maximum Gasteiger partial charge on any atom is 0.302 e. The molecule has 0 saturated carbocycles. The molecule has 0 amide bonds. The van der Waals surface area contributed by atoms with E-state index in [4.69, 9.17) is 4.74 Å². The number of benzene rings is 4. The predicted octanol–water partition coefficient (Wildman–Crippen LogP) is 6.90. The minimum absolute atomic E-state index is 0.218. The molecule has 0 aliphatic rings. The number of ether oxygens (including phenoxy) is 1. The van der Waals surface area contributed by atoms with E-state index in [1.54, 1.807) is 11.8 Å². The Morgan fingerprint density at radius 1 is 0.844 bits per heavy atom. The number of carbonyl (C=O) groups excluding carboxylic acids is 1. The van der Waals surface area contributed by atoms with Gasteiger partial charge in [0.1, 0.15) is 6.61 Å². The lowest BCUT2D eigenvalue weighted by Crippen LogP contribution is -2.18. The summed E-state index contributed by atoms with van der Waals surface area (Å²) in [7, 11) is 0. The van der Waals surface area contributed by atoms with Crippen molar-refractivity contribution in [3.05, 3.63) is 108 Å². The predicted molar refractivity (Wildman–Crippen MR) is 132 cm³/mol. The number of esters is 1. The van der Waals surface area contributed by atoms with Crippen LogP contribution in [-0.2, 0) is 22.7 Å². The van der Waals surface area contributed by atoms with E-state index in [1.165, 1.54) is 33.7 Å². The van der Waals surface area contributed by atoms with Gasteiger partial charge in [-0.1, -0.05) is 90.6 Å². The highest BCUT2D eigenvalue weighted by Gasteiger charge is 2.12. The molecule has 0 radical (unpaired) electrons. The van der Waals surface area contributed by atoms with Crippen molar-refractivity contribution in [2.45, 2.75) is 42.8 Å². The normalized spacial score (nSPS) is 11.9. The van der Waals surface area contributed by atoms with Crippen molar-refractivity contribution in [1.29, 1.82) is 0 Å². The van der Waals surface area contributed by atoms with Crippen LogP contribution in [0.2, 0.25) is 0 Å². The molecular formula is C28H27NO2S. The lowest BCUT2D eigenvalue weighted by atomic mass is 9.99. The molecule has 4 rings (SSSR count). The summed E-state index contributed by atoms with van der Waals surface area (Å²) < 4.78 is 5.24. The summed E-state index contributed by atoms with van der Waals surface area (Å²) in [4.78, 5) is 13.5. The zero-order valence-electron chi connectivity index (χ0n) is 18.4. The van der Waals surface area contributed by atoms with E-state index in [9.17, 15) is 4.79 Å². The minimum Gasteiger partial charge on any atom is -0.461 e. The number of carbonyl (C=O) groups is 1. The molecule has 1 N–H and O–H groups in total. The molecule has 0 fully saturated rings. The van der Waals surface area contributed by atoms with Crippen molar-refractivity contribution in [3.8, 4) is 0 Å². The van der Waals surface area contributed by atoms with Crippen LogP contribution in [0.3, 0.4) is 0 Å². The van der Waals surface area contributed by atoms with Gasteiger partial charge in [-0.15, -0.1) is 0 Å². The summed E-state index contributed by atoms with van der Waals surface area (Å²) in [5.41, 5.74) is 3.56. The van der Waals surface area contributed by atoms with Crippen LogP contribution in [0.4, 0.5) is 0 Å². The van der Waals surface area contributed by atoms with E-state index in [0.717, 1.165) is 17.0 Å². The summed E-state index contributed by atoms with van der Waals surface area (Å²) in [5, 5.41) is 6.26. The molecule has 0 unspecified atom stereocenters. The van der Waals surface area contributed by atoms with Gasteiger partial charge < -0.3 is 10.1 Å². The average Bonchev–Trinajstić information content (AvgIpc) is 2.82. The third-order valence-corrected chi connectivity index (χ3v) is 6.72. The zero-order chi connectivity index (χ0) is 22.3. The fourth-order valence-electron chi connectivity index (χ4n) is 3.77. The minimum atomic E-state index is -0.267. The first-order valence-corrected chi connectivity index (χ1v) is 11.6. The first-order valence-electron chi connectivity index (χ1n) is 10.8. The number of fused-ring (bicyclic) bond motifs is 1. The highest BCUT2D eigenvalue weighted by Crippen LogP contribution is 2.33. The van der Waals surface area contributed by atoms with Crippen LogP contribution in [0.1, 0.15) is 36.6 Å². The second-order valence-corrected chi connectivity index (χ2v) is 8.85. The monoisotopic (exact) mass is 441 g/mol. The molecule has 0 bridgehead atoms. The van der Waals surface area contributed by atoms with E-state index in [1.807, 2.05) is 18.2 Å². The molecular weight excluding hydrogens is 414 g/mol. The number of hydrogen-bond donors (Lipinski definition) is 1. The van der Waals surface area contributed by atoms with Crippen molar-refractivity contribution in [1.82, 2.24) is 5.32 Å². The van der Waals surface area contributed by atoms with E-state index in [2.05, 4.69) is 85.0 Å². The molecule has 3 nitrogen and oxygen atoms in total. The second-order valence-electron chi connectivity index (χ2n) is 7.77. The quantitative estimate of drug-likeness (QED) is 0.302. The van der Waals surface area contributed by atoms with E-state index in [-0.39, 0.29) is 18.6 Å². The van der Waals surface area contributed by atoms with Crippen LogP contribution < -0.4 is 5.32 Å². The van der Waals surface area contributed by atoms with E-state index >= 15 is 0 Å². The van der Waals surface area contributed by atoms with Crippen LogP contribution in [0.15, 0.2) is 101 Å². The van der Waals surface area contributed by atoms with Gasteiger partial charge in [-0.05, 0) is 41.0 Å². The first-order chi connectivity index (χ1) is 15.6. The Labute approximate surface area is 193 Å². The van der Waals surface area contributed by atoms with Crippen molar-refractivity contribution >= 4 is 28.5 Å². The highest BCUT2D eigenvalue weighted by atomic mass is 32.2. The lowest BCUT2D eigenvalue weighted by Gasteiger charge is -2.18. The number of nitrogens with one attached hydrogen (secondary N) is 1. The molecule has 4 heteroatoms. The third-order valence-electron chi connectivity index (χ3n) is 5.48. The molecule has 0 aliphatic carbocycles. The van der Waals surface area contributed by atoms with E-state index < -0.39 is 0 Å². The third kappa shape index (κ3) is 5.39. The van der Waals surface area contributed by atoms with Crippen molar-refractivity contribution in [2.24, 2.45) is 0 Å². The van der Waals surface area contributed by atoms with E-state index in [0.29, 0.717) is 0 Å². The lowest BCUT2D eigenvalue weighted by molar-refractivity contribution is -0.142. The molecule has 0 aliphatic heterocycles. The van der Waals surface area contributed by atoms with Crippen LogP contribution in [-0.4, -0.2) is 5.97 Å². The fraction of sp³-hybridized carbons (Fsp3) is 0.179. The first kappa shape index (κ1) is 22.1. The van der Waals surface area contributed by atoms with Crippen LogP contribution in [0.25, 0.3) is 10.8 Å². The summed E-state index contributed by atoms with van der Waals surface area (Å²) in [6.45, 7) is 4.70. The van der Waals surface area contributed by atoms with Gasteiger partial charge in [0.05, 0.1) is 0 Å². The molecule has 4 aromatic carbocycles. The summed E-state index contributed by atoms with van der Waals surface area (Å²) in [6, 6.07) is 31.8. The standard InChI is InChI=1S/C28H27NO2S/c1-20(25-15-9-13-22-10-3-6-14-26(22)25)29-18-23-11-4-7-16-27(23)32-28-17-8-5-12-24(28)19-31-21(2)30/h3-17,20,29H,18-19H2,1-2H3/t20-/m1/s1. The smallest absolute Gasteiger partial charge is 0.302 e. The Morgan fingerprint density at radius 2 is 1.47 bits per heavy atom. The molecule has 0 heterocycles. The van der Waals surface area contributed by atoms with Crippen LogP contribution in [0.5, 0.6) is 0 Å². The highest BCUT2D eigenvalue weighted by molar-refractivity contribution is 7.99. The summed E-state index contributed by atoms with van der Waals surface area (Å²) in [5.74, 6) is -0.267. The summed E-state index contributed by atoms with van der Waals surface area (Å²) >= 11 is 1.71. The Kier molecular flexibility index (Phi) is 7.25. The molecule has 0 spiro atoms. The zero-order valence-corrected chi connectivity index (χ0v) is 19.2. The van der Waals surface area contributed by atoms with Gasteiger partial charge in [0.25, 0.3) is 0 Å². The molecule has 32 heavy (non-hydrogen) atoms. The van der Waals surface area contributed by atoms with Gasteiger partial charge in [0.2, 0.25) is 0 Å². The Balaban J connectivity index is 1.50. The molecule has 0 aromatic heterocycles. The summed E-state index contributed by atoms with van der Waals surface area (Å²) in [6.07, 6.45) is 0. The fourth-order valence-corrected chi connectivity index (χ4v) is 4.83. The number of rotatable bonds is 8. The van der Waals surface area contributed by atoms with Crippen LogP contribution >= 0.6 is 11.8 Å². The van der Waals surface area contributed by atoms with Crippen LogP contribution in [0, 0.1) is 0 Å². The Morgan fingerprint density at radius 3 is 2.25 bits per heavy atom. The van der Waals surface area contributed by atoms with Gasteiger partial charge in [0.15, 0.2) is 0 Å². The molecule has 4 aromatic rings. The van der Waals surface area contributed by atoms with Gasteiger partial charge in [-0.2, -0.15) is 0 Å².